The van der Waals surface area contributed by atoms with Gasteiger partial charge in [-0.2, -0.15) is 0 Å². The number of carbonyl (C=O) groups is 2. The second kappa shape index (κ2) is 40.2. The molecule has 0 aliphatic carbocycles. The molecule has 0 aromatic rings. The van der Waals surface area contributed by atoms with Gasteiger partial charge in [-0.05, 0) is 12.8 Å². The number of hydrogen-bond donors (Lipinski definition) is 5. The summed E-state index contributed by atoms with van der Waals surface area (Å²) >= 11 is 0. The highest BCUT2D eigenvalue weighted by Crippen LogP contribution is 2.44. The first-order valence-corrected chi connectivity index (χ1v) is 29.7. The second-order valence-electron chi connectivity index (χ2n) is 20.0. The Hall–Kier alpha value is -1.12. The van der Waals surface area contributed by atoms with Gasteiger partial charge in [-0.1, -0.05) is 168 Å². The van der Waals surface area contributed by atoms with Gasteiger partial charge < -0.3 is 63.3 Å². The van der Waals surface area contributed by atoms with Crippen molar-refractivity contribution >= 4 is 27.6 Å². The molecule has 1 aliphatic heterocycles. The number of likely N-dealkylation sites (N-methyl/N-ethyl adjacent to an activating group) is 1. The fraction of sp³-hybridized carbons (Fsp3) is 0.959. The van der Waals surface area contributed by atoms with Crippen molar-refractivity contribution in [1.82, 2.24) is 0 Å². The molecule has 0 aromatic heterocycles. The Bertz CT molecular complexity index is 1410. The lowest BCUT2D eigenvalue weighted by atomic mass is 9.99. The highest BCUT2D eigenvalue weighted by atomic mass is 31.2. The third-order valence-electron chi connectivity index (χ3n) is 12.1. The number of rotatable bonds is 47. The molecule has 1 fully saturated rings. The van der Waals surface area contributed by atoms with Crippen LogP contribution in [0.4, 0.5) is 0 Å². The van der Waals surface area contributed by atoms with Gasteiger partial charge in [0, 0.05) is 12.8 Å². The van der Waals surface area contributed by atoms with Crippen molar-refractivity contribution in [1.29, 1.82) is 0 Å². The zero-order chi connectivity index (χ0) is 52.1. The number of phosphoric ester groups is 2. The smallest absolute Gasteiger partial charge is 0.472 e. The first kappa shape index (κ1) is 66.9. The zero-order valence-electron chi connectivity index (χ0n) is 43.8. The Kier molecular flexibility index (Phi) is 38.4. The number of nitrogens with zero attached hydrogens (tertiary/aromatic N) is 1. The van der Waals surface area contributed by atoms with Crippen LogP contribution in [0.5, 0.6) is 0 Å². The van der Waals surface area contributed by atoms with Crippen LogP contribution in [0.25, 0.3) is 0 Å². The van der Waals surface area contributed by atoms with Gasteiger partial charge in [-0.3, -0.25) is 23.2 Å². The van der Waals surface area contributed by atoms with Crippen LogP contribution >= 0.6 is 15.6 Å². The third-order valence-corrected chi connectivity index (χ3v) is 14.0. The van der Waals surface area contributed by atoms with E-state index in [2.05, 4.69) is 13.8 Å². The van der Waals surface area contributed by atoms with E-state index < -0.39 is 96.9 Å². The van der Waals surface area contributed by atoms with Crippen LogP contribution in [-0.4, -0.2) is 147 Å². The summed E-state index contributed by atoms with van der Waals surface area (Å²) in [5, 5.41) is 32.0. The normalized spacial score (nSPS) is 21.2. The lowest BCUT2D eigenvalue weighted by Crippen LogP contribution is -2.59. The van der Waals surface area contributed by atoms with Gasteiger partial charge in [0.2, 0.25) is 0 Å². The monoisotopic (exact) mass is 1050 g/mol. The molecular formula is C49H98N2O17P2. The lowest BCUT2D eigenvalue weighted by Gasteiger charge is -2.40. The number of carbonyl (C=O) groups excluding carboxylic acids is 2. The fourth-order valence-corrected chi connectivity index (χ4v) is 9.22. The minimum absolute atomic E-state index is 0.134. The Balaban J connectivity index is 2.68. The number of aliphatic hydroxyl groups is 3. The van der Waals surface area contributed by atoms with Crippen molar-refractivity contribution in [2.45, 2.75) is 236 Å². The Morgan fingerprint density at radius 3 is 1.51 bits per heavy atom. The molecule has 0 amide bonds. The second-order valence-corrected chi connectivity index (χ2v) is 22.9. The molecule has 5 unspecified atom stereocenters. The van der Waals surface area contributed by atoms with Crippen LogP contribution in [-0.2, 0) is 55.8 Å². The van der Waals surface area contributed by atoms with Gasteiger partial charge in [-0.25, -0.2) is 4.57 Å². The van der Waals surface area contributed by atoms with Gasteiger partial charge >= 0.3 is 19.8 Å². The standard InChI is InChI=1S/C49H98N2O17P2/c1-6-8-10-12-14-16-18-20-22-24-26-28-30-32-44(52)61-38-42(67-45(53)33-31-29-27-25-23-21-19-17-15-13-11-9-7-2)39-62-49-48(56)47(55)46(54)43(68-49)40-66-70(59,60)65-37-41(50)36-64-69(57,58)63-35-34-51(3,4)5/h41-43,46-49,54-56H,6-40,50H2,1-5H3,(H-,57,58,59,60)/t41?,42-,43-,46-,47?,48?,49+/m1/s1. The van der Waals surface area contributed by atoms with E-state index >= 15 is 0 Å². The van der Waals surface area contributed by atoms with E-state index in [1.54, 1.807) is 0 Å². The quantitative estimate of drug-likeness (QED) is 0.0168. The molecule has 21 heteroatoms. The van der Waals surface area contributed by atoms with E-state index in [9.17, 15) is 43.8 Å². The van der Waals surface area contributed by atoms with Crippen LogP contribution < -0.4 is 10.6 Å². The minimum Gasteiger partial charge on any atom is -0.756 e. The summed E-state index contributed by atoms with van der Waals surface area (Å²) in [7, 11) is -4.07. The van der Waals surface area contributed by atoms with Gasteiger partial charge in [0.25, 0.3) is 7.82 Å². The molecule has 70 heavy (non-hydrogen) atoms. The lowest BCUT2D eigenvalue weighted by molar-refractivity contribution is -0.870. The minimum atomic E-state index is -4.91. The maximum atomic E-state index is 13.0. The van der Waals surface area contributed by atoms with Crippen molar-refractivity contribution in [3.63, 3.8) is 0 Å². The van der Waals surface area contributed by atoms with E-state index in [1.165, 1.54) is 116 Å². The topological polar surface area (TPSA) is 272 Å². The average Bonchev–Trinajstić information content (AvgIpc) is 3.30. The highest BCUT2D eigenvalue weighted by Gasteiger charge is 2.45. The summed E-state index contributed by atoms with van der Waals surface area (Å²) in [6.45, 7) is 1.77. The van der Waals surface area contributed by atoms with Crippen LogP contribution in [0.15, 0.2) is 0 Å². The first-order chi connectivity index (χ1) is 33.3. The Labute approximate surface area is 421 Å². The molecule has 1 saturated heterocycles. The highest BCUT2D eigenvalue weighted by molar-refractivity contribution is 7.47. The molecule has 0 aromatic carbocycles. The number of unbranched alkanes of at least 4 members (excludes halogenated alkanes) is 24. The van der Waals surface area contributed by atoms with E-state index in [0.717, 1.165) is 38.5 Å². The van der Waals surface area contributed by atoms with Crippen LogP contribution in [0.3, 0.4) is 0 Å². The molecule has 0 saturated carbocycles. The SMILES string of the molecule is CCCCCCCCCCCCCCCC(=O)OC[C@H](CO[C@H]1O[C@H](COP(=O)(O)OCC(N)COP(=O)([O-])OCC[N+](C)(C)C)[C@@H](O)C(O)C1O)OC(=O)CCCCCCCCCCCCCCC. The number of phosphoric acid groups is 2. The zero-order valence-corrected chi connectivity index (χ0v) is 45.6. The number of esters is 2. The molecule has 1 aliphatic rings. The summed E-state index contributed by atoms with van der Waals surface area (Å²) in [5.41, 5.74) is 5.80. The summed E-state index contributed by atoms with van der Waals surface area (Å²) in [6, 6.07) is -1.20. The summed E-state index contributed by atoms with van der Waals surface area (Å²) in [6.07, 6.45) is 20.8. The molecule has 6 N–H and O–H groups in total. The van der Waals surface area contributed by atoms with Gasteiger partial charge in [0.15, 0.2) is 12.4 Å². The maximum absolute atomic E-state index is 13.0. The number of nitrogens with two attached hydrogens (primary N) is 1. The fourth-order valence-electron chi connectivity index (χ4n) is 7.68. The van der Waals surface area contributed by atoms with Gasteiger partial charge in [0.1, 0.15) is 44.2 Å². The summed E-state index contributed by atoms with van der Waals surface area (Å²) in [5.74, 6) is -0.980. The molecule has 0 bridgehead atoms. The summed E-state index contributed by atoms with van der Waals surface area (Å²) < 4.78 is 67.1. The van der Waals surface area contributed by atoms with Crippen LogP contribution in [0.2, 0.25) is 0 Å². The predicted molar refractivity (Wildman–Crippen MR) is 266 cm³/mol. The average molecular weight is 1050 g/mol. The molecule has 1 rings (SSSR count). The molecular weight excluding hydrogens is 950 g/mol. The molecule has 416 valence electrons. The molecule has 1 heterocycles. The largest absolute Gasteiger partial charge is 0.756 e. The summed E-state index contributed by atoms with van der Waals surface area (Å²) in [4.78, 5) is 48.1. The van der Waals surface area contributed by atoms with Gasteiger partial charge in [0.05, 0.1) is 53.6 Å². The third kappa shape index (κ3) is 36.7. The van der Waals surface area contributed by atoms with Crippen molar-refractivity contribution in [3.8, 4) is 0 Å². The predicted octanol–water partition coefficient (Wildman–Crippen LogP) is 7.90. The number of quaternary nitrogens is 1. The maximum Gasteiger partial charge on any atom is 0.472 e. The van der Waals surface area contributed by atoms with Crippen molar-refractivity contribution < 1.29 is 85.4 Å². The number of ether oxygens (including phenoxy) is 4. The molecule has 9 atom stereocenters. The van der Waals surface area contributed by atoms with Gasteiger partial charge in [-0.15, -0.1) is 0 Å². The number of hydrogen-bond acceptors (Lipinski definition) is 17. The Morgan fingerprint density at radius 2 is 1.04 bits per heavy atom. The number of aliphatic hydroxyl groups excluding tert-OH is 3. The van der Waals surface area contributed by atoms with Crippen molar-refractivity contribution in [3.05, 3.63) is 0 Å². The van der Waals surface area contributed by atoms with Crippen LogP contribution in [0, 0.1) is 0 Å². The molecule has 0 radical (unpaired) electrons. The first-order valence-electron chi connectivity index (χ1n) is 26.7. The van der Waals surface area contributed by atoms with E-state index in [4.69, 9.17) is 42.8 Å². The van der Waals surface area contributed by atoms with Crippen LogP contribution in [0.1, 0.15) is 194 Å². The molecule has 0 spiro atoms. The molecule has 19 nitrogen and oxygen atoms in total. The van der Waals surface area contributed by atoms with Crippen molar-refractivity contribution in [2.24, 2.45) is 5.73 Å². The van der Waals surface area contributed by atoms with E-state index in [-0.39, 0.29) is 26.1 Å². The van der Waals surface area contributed by atoms with E-state index in [1.807, 2.05) is 21.1 Å². The van der Waals surface area contributed by atoms with E-state index in [0.29, 0.717) is 23.9 Å². The Morgan fingerprint density at radius 1 is 0.600 bits per heavy atom. The van der Waals surface area contributed by atoms with Crippen molar-refractivity contribution in [2.75, 3.05) is 67.3 Å².